The number of benzene rings is 2. The fourth-order valence-electron chi connectivity index (χ4n) is 3.16. The minimum absolute atomic E-state index is 0.00961. The van der Waals surface area contributed by atoms with Gasteiger partial charge in [-0.05, 0) is 30.2 Å². The summed E-state index contributed by atoms with van der Waals surface area (Å²) in [6, 6.07) is 15.4. The first-order valence-electron chi connectivity index (χ1n) is 8.42. The molecule has 2 aromatic carbocycles. The fourth-order valence-corrected chi connectivity index (χ4v) is 3.16. The molecule has 0 aliphatic carbocycles. The van der Waals surface area contributed by atoms with E-state index in [0.717, 1.165) is 5.56 Å². The summed E-state index contributed by atoms with van der Waals surface area (Å²) >= 11 is 0. The summed E-state index contributed by atoms with van der Waals surface area (Å²) in [6.45, 7) is 2.28. The number of rotatable bonds is 5. The van der Waals surface area contributed by atoms with Crippen molar-refractivity contribution in [3.8, 4) is 0 Å². The SMILES string of the molecule is C[C@H](c1ccccc1)N1C[C@@H](C(=O)Nc2cccc(C(=O)[O-])c2)CC1=O. The van der Waals surface area contributed by atoms with Gasteiger partial charge in [0, 0.05) is 18.7 Å². The van der Waals surface area contributed by atoms with Gasteiger partial charge in [0.2, 0.25) is 11.8 Å². The molecule has 0 bridgehead atoms. The second-order valence-electron chi connectivity index (χ2n) is 6.39. The zero-order valence-corrected chi connectivity index (χ0v) is 14.3. The van der Waals surface area contributed by atoms with Crippen LogP contribution in [0.5, 0.6) is 0 Å². The number of aromatic carboxylic acids is 1. The van der Waals surface area contributed by atoms with E-state index in [1.807, 2.05) is 37.3 Å². The molecule has 6 heteroatoms. The predicted molar refractivity (Wildman–Crippen MR) is 94.1 cm³/mol. The lowest BCUT2D eigenvalue weighted by molar-refractivity contribution is -0.255. The number of hydrogen-bond acceptors (Lipinski definition) is 4. The minimum atomic E-state index is -1.31. The molecule has 134 valence electrons. The van der Waals surface area contributed by atoms with Gasteiger partial charge < -0.3 is 20.1 Å². The van der Waals surface area contributed by atoms with Crippen LogP contribution < -0.4 is 10.4 Å². The Balaban J connectivity index is 1.67. The molecule has 1 aliphatic heterocycles. The summed E-state index contributed by atoms with van der Waals surface area (Å²) in [6.07, 6.45) is 0.142. The third-order valence-electron chi connectivity index (χ3n) is 4.64. The highest BCUT2D eigenvalue weighted by molar-refractivity contribution is 5.98. The molecule has 26 heavy (non-hydrogen) atoms. The highest BCUT2D eigenvalue weighted by Gasteiger charge is 2.37. The van der Waals surface area contributed by atoms with Crippen LogP contribution in [0.1, 0.15) is 35.3 Å². The van der Waals surface area contributed by atoms with Crippen molar-refractivity contribution in [1.29, 1.82) is 0 Å². The number of likely N-dealkylation sites (tertiary alicyclic amines) is 1. The Labute approximate surface area is 151 Å². The van der Waals surface area contributed by atoms with Crippen molar-refractivity contribution in [2.45, 2.75) is 19.4 Å². The van der Waals surface area contributed by atoms with Crippen molar-refractivity contribution in [2.75, 3.05) is 11.9 Å². The quantitative estimate of drug-likeness (QED) is 0.886. The Morgan fingerprint density at radius 2 is 1.88 bits per heavy atom. The van der Waals surface area contributed by atoms with Gasteiger partial charge in [-0.2, -0.15) is 0 Å². The van der Waals surface area contributed by atoms with Gasteiger partial charge >= 0.3 is 0 Å². The van der Waals surface area contributed by atoms with Crippen molar-refractivity contribution in [2.24, 2.45) is 5.92 Å². The van der Waals surface area contributed by atoms with Crippen LogP contribution in [0.3, 0.4) is 0 Å². The number of anilines is 1. The van der Waals surface area contributed by atoms with E-state index in [1.165, 1.54) is 18.2 Å². The Hall–Kier alpha value is -3.15. The van der Waals surface area contributed by atoms with Crippen LogP contribution in [0.4, 0.5) is 5.69 Å². The van der Waals surface area contributed by atoms with E-state index >= 15 is 0 Å². The highest BCUT2D eigenvalue weighted by atomic mass is 16.4. The van der Waals surface area contributed by atoms with Gasteiger partial charge in [-0.25, -0.2) is 0 Å². The molecule has 0 unspecified atom stereocenters. The minimum Gasteiger partial charge on any atom is -0.545 e. The summed E-state index contributed by atoms with van der Waals surface area (Å²) in [4.78, 5) is 37.5. The molecule has 1 heterocycles. The zero-order chi connectivity index (χ0) is 18.7. The van der Waals surface area contributed by atoms with Crippen LogP contribution >= 0.6 is 0 Å². The number of hydrogen-bond donors (Lipinski definition) is 1. The molecular weight excluding hydrogens is 332 g/mol. The van der Waals surface area contributed by atoms with Crippen LogP contribution in [-0.2, 0) is 9.59 Å². The number of nitrogens with zero attached hydrogens (tertiary/aromatic N) is 1. The third-order valence-corrected chi connectivity index (χ3v) is 4.64. The monoisotopic (exact) mass is 351 g/mol. The third kappa shape index (κ3) is 3.74. The van der Waals surface area contributed by atoms with E-state index in [9.17, 15) is 19.5 Å². The Morgan fingerprint density at radius 1 is 1.15 bits per heavy atom. The summed E-state index contributed by atoms with van der Waals surface area (Å²) in [5, 5.41) is 13.6. The van der Waals surface area contributed by atoms with Crippen molar-refractivity contribution in [3.05, 3.63) is 65.7 Å². The van der Waals surface area contributed by atoms with Crippen LogP contribution in [0.25, 0.3) is 0 Å². The molecule has 2 aromatic rings. The average Bonchev–Trinajstić information content (AvgIpc) is 3.04. The van der Waals surface area contributed by atoms with Gasteiger partial charge in [-0.1, -0.05) is 42.5 Å². The van der Waals surface area contributed by atoms with Crippen molar-refractivity contribution < 1.29 is 19.5 Å². The Bertz CT molecular complexity index is 835. The molecule has 1 N–H and O–H groups in total. The largest absolute Gasteiger partial charge is 0.545 e. The van der Waals surface area contributed by atoms with Crippen molar-refractivity contribution in [1.82, 2.24) is 4.90 Å². The van der Waals surface area contributed by atoms with Gasteiger partial charge in [-0.3, -0.25) is 9.59 Å². The lowest BCUT2D eigenvalue weighted by Crippen LogP contribution is -2.30. The summed E-state index contributed by atoms with van der Waals surface area (Å²) < 4.78 is 0. The van der Waals surface area contributed by atoms with Gasteiger partial charge in [-0.15, -0.1) is 0 Å². The summed E-state index contributed by atoms with van der Waals surface area (Å²) in [5.74, 6) is -2.14. The van der Waals surface area contributed by atoms with Crippen LogP contribution in [0.15, 0.2) is 54.6 Å². The van der Waals surface area contributed by atoms with Gasteiger partial charge in [0.05, 0.1) is 17.9 Å². The van der Waals surface area contributed by atoms with Crippen molar-refractivity contribution in [3.63, 3.8) is 0 Å². The molecule has 1 aliphatic rings. The molecule has 0 saturated carbocycles. The average molecular weight is 351 g/mol. The maximum atomic E-state index is 12.5. The van der Waals surface area contributed by atoms with Gasteiger partial charge in [0.15, 0.2) is 0 Å². The van der Waals surface area contributed by atoms with E-state index in [4.69, 9.17) is 0 Å². The number of nitrogens with one attached hydrogen (secondary N) is 1. The topological polar surface area (TPSA) is 89.5 Å². The van der Waals surface area contributed by atoms with E-state index in [1.54, 1.807) is 11.0 Å². The molecule has 1 saturated heterocycles. The maximum absolute atomic E-state index is 12.5. The van der Waals surface area contributed by atoms with Crippen LogP contribution in [0, 0.1) is 5.92 Å². The molecule has 1 fully saturated rings. The lowest BCUT2D eigenvalue weighted by Gasteiger charge is -2.25. The van der Waals surface area contributed by atoms with E-state index in [2.05, 4.69) is 5.32 Å². The molecular formula is C20H19N2O4-. The second-order valence-corrected chi connectivity index (χ2v) is 6.39. The molecule has 6 nitrogen and oxygen atoms in total. The number of carbonyl (C=O) groups excluding carboxylic acids is 3. The van der Waals surface area contributed by atoms with Crippen LogP contribution in [0.2, 0.25) is 0 Å². The second kappa shape index (κ2) is 7.39. The predicted octanol–water partition coefficient (Wildman–Crippen LogP) is 1.60. The molecule has 0 aromatic heterocycles. The first-order valence-corrected chi connectivity index (χ1v) is 8.42. The molecule has 0 radical (unpaired) electrons. The molecule has 2 atom stereocenters. The van der Waals surface area contributed by atoms with Gasteiger partial charge in [0.1, 0.15) is 0 Å². The zero-order valence-electron chi connectivity index (χ0n) is 14.3. The maximum Gasteiger partial charge on any atom is 0.229 e. The molecule has 2 amide bonds. The number of carboxylic acids is 1. The fraction of sp³-hybridized carbons (Fsp3) is 0.250. The highest BCUT2D eigenvalue weighted by Crippen LogP contribution is 2.29. The smallest absolute Gasteiger partial charge is 0.229 e. The number of amides is 2. The number of carbonyl (C=O) groups is 3. The van der Waals surface area contributed by atoms with Crippen LogP contribution in [-0.4, -0.2) is 29.2 Å². The Kier molecular flexibility index (Phi) is 5.02. The normalized spacial score (nSPS) is 17.8. The Morgan fingerprint density at radius 3 is 2.58 bits per heavy atom. The summed E-state index contributed by atoms with van der Waals surface area (Å²) in [5.41, 5.74) is 1.38. The standard InChI is InChI=1S/C20H20N2O4/c1-13(14-6-3-2-4-7-14)22-12-16(11-18(22)23)19(24)21-17-9-5-8-15(10-17)20(25)26/h2-10,13,16H,11-12H2,1H3,(H,21,24)(H,25,26)/p-1/t13-,16+/m1/s1. The summed E-state index contributed by atoms with van der Waals surface area (Å²) in [7, 11) is 0. The van der Waals surface area contributed by atoms with E-state index < -0.39 is 11.9 Å². The van der Waals surface area contributed by atoms with E-state index in [0.29, 0.717) is 12.2 Å². The van der Waals surface area contributed by atoms with Crippen molar-refractivity contribution >= 4 is 23.5 Å². The number of carboxylic acid groups (broad SMARTS) is 1. The molecule has 3 rings (SSSR count). The first kappa shape index (κ1) is 17.7. The van der Waals surface area contributed by atoms with Gasteiger partial charge in [0.25, 0.3) is 0 Å². The first-order chi connectivity index (χ1) is 12.5. The molecule has 0 spiro atoms. The lowest BCUT2D eigenvalue weighted by atomic mass is 10.1. The van der Waals surface area contributed by atoms with E-state index in [-0.39, 0.29) is 29.8 Å².